The summed E-state index contributed by atoms with van der Waals surface area (Å²) in [4.78, 5) is 21.0. The number of methoxy groups -OCH3 is 2. The molecule has 5 heterocycles. The first-order chi connectivity index (χ1) is 20.0. The molecule has 0 spiro atoms. The molecule has 10 nitrogen and oxygen atoms in total. The van der Waals surface area contributed by atoms with Crippen molar-refractivity contribution >= 4 is 10.9 Å². The van der Waals surface area contributed by atoms with Gasteiger partial charge in [-0.15, -0.1) is 0 Å². The Balaban J connectivity index is 1.43. The van der Waals surface area contributed by atoms with E-state index in [9.17, 15) is 4.79 Å². The summed E-state index contributed by atoms with van der Waals surface area (Å²) in [5.41, 5.74) is 0.827. The third-order valence-electron chi connectivity index (χ3n) is 7.71. The van der Waals surface area contributed by atoms with Crippen LogP contribution in [0.5, 0.6) is 11.5 Å². The fourth-order valence-corrected chi connectivity index (χ4v) is 5.47. The molecule has 41 heavy (non-hydrogen) atoms. The molecular formula is C29H31F2N5O5. The molecule has 2 aliphatic heterocycles. The normalized spacial score (nSPS) is 17.8. The van der Waals surface area contributed by atoms with Gasteiger partial charge < -0.3 is 23.5 Å². The van der Waals surface area contributed by atoms with Gasteiger partial charge in [0, 0.05) is 55.7 Å². The number of aromatic nitrogens is 4. The van der Waals surface area contributed by atoms with Gasteiger partial charge in [-0.05, 0) is 18.6 Å². The molecule has 216 valence electrons. The Kier molecular flexibility index (Phi) is 7.69. The fourth-order valence-electron chi connectivity index (χ4n) is 5.47. The third kappa shape index (κ3) is 5.18. The van der Waals surface area contributed by atoms with Crippen LogP contribution in [-0.2, 0) is 16.0 Å². The Labute approximate surface area is 235 Å². The zero-order valence-electron chi connectivity index (χ0n) is 22.9. The first kappa shape index (κ1) is 27.3. The van der Waals surface area contributed by atoms with Gasteiger partial charge >= 0.3 is 0 Å². The largest absolute Gasteiger partial charge is 0.494 e. The quantitative estimate of drug-likeness (QED) is 0.320. The number of benzene rings is 1. The maximum absolute atomic E-state index is 15.5. The number of nitrogens with zero attached hydrogens (tertiary/aromatic N) is 5. The molecule has 6 rings (SSSR count). The highest BCUT2D eigenvalue weighted by Crippen LogP contribution is 2.38. The van der Waals surface area contributed by atoms with Crippen molar-refractivity contribution in [3.05, 3.63) is 58.8 Å². The van der Waals surface area contributed by atoms with E-state index in [2.05, 4.69) is 15.0 Å². The zero-order valence-corrected chi connectivity index (χ0v) is 22.9. The van der Waals surface area contributed by atoms with E-state index in [1.54, 1.807) is 17.0 Å². The van der Waals surface area contributed by atoms with Crippen LogP contribution in [0, 0.1) is 11.6 Å². The minimum absolute atomic E-state index is 0.151. The zero-order chi connectivity index (χ0) is 28.5. The minimum atomic E-state index is -0.981. The first-order valence-electron chi connectivity index (χ1n) is 13.5. The molecule has 0 bridgehead atoms. The number of fused-ring (bicyclic) bond motifs is 1. The summed E-state index contributed by atoms with van der Waals surface area (Å²) in [5, 5.41) is 5.05. The van der Waals surface area contributed by atoms with E-state index in [1.807, 2.05) is 16.9 Å². The summed E-state index contributed by atoms with van der Waals surface area (Å²) in [6, 6.07) is 4.09. The van der Waals surface area contributed by atoms with Crippen molar-refractivity contribution in [1.29, 1.82) is 0 Å². The fraction of sp³-hybridized carbons (Fsp3) is 0.414. The topological polar surface area (TPSA) is 92.9 Å². The van der Waals surface area contributed by atoms with Crippen LogP contribution >= 0.6 is 0 Å². The van der Waals surface area contributed by atoms with Gasteiger partial charge in [-0.3, -0.25) is 19.4 Å². The summed E-state index contributed by atoms with van der Waals surface area (Å²) in [6.07, 6.45) is 5.87. The third-order valence-corrected chi connectivity index (χ3v) is 7.71. The second kappa shape index (κ2) is 11.6. The molecular weight excluding hydrogens is 536 g/mol. The van der Waals surface area contributed by atoms with Crippen LogP contribution in [0.2, 0.25) is 0 Å². The Hall–Kier alpha value is -3.87. The molecule has 0 aliphatic carbocycles. The maximum atomic E-state index is 15.5. The predicted octanol–water partition coefficient (Wildman–Crippen LogP) is 3.52. The smallest absolute Gasteiger partial charge is 0.259 e. The maximum Gasteiger partial charge on any atom is 0.259 e. The van der Waals surface area contributed by atoms with Crippen LogP contribution in [0.3, 0.4) is 0 Å². The number of rotatable bonds is 8. The van der Waals surface area contributed by atoms with Gasteiger partial charge in [-0.2, -0.15) is 5.10 Å². The van der Waals surface area contributed by atoms with Crippen LogP contribution < -0.4 is 15.0 Å². The average Bonchev–Trinajstić information content (AvgIpc) is 3.70. The Morgan fingerprint density at radius 2 is 1.73 bits per heavy atom. The van der Waals surface area contributed by atoms with Crippen LogP contribution in [0.1, 0.15) is 12.5 Å². The number of pyridine rings is 2. The molecule has 1 atom stereocenters. The van der Waals surface area contributed by atoms with E-state index in [1.165, 1.54) is 20.3 Å². The second-order valence-corrected chi connectivity index (χ2v) is 10.1. The lowest BCUT2D eigenvalue weighted by molar-refractivity contribution is 0.0360. The van der Waals surface area contributed by atoms with E-state index < -0.39 is 22.8 Å². The van der Waals surface area contributed by atoms with E-state index >= 15 is 8.78 Å². The van der Waals surface area contributed by atoms with Crippen molar-refractivity contribution in [3.63, 3.8) is 0 Å². The number of morpholine rings is 1. The number of hydrogen-bond acceptors (Lipinski definition) is 8. The highest BCUT2D eigenvalue weighted by molar-refractivity contribution is 5.87. The van der Waals surface area contributed by atoms with Crippen LogP contribution in [0.4, 0.5) is 8.78 Å². The van der Waals surface area contributed by atoms with Gasteiger partial charge in [0.1, 0.15) is 0 Å². The van der Waals surface area contributed by atoms with Crippen molar-refractivity contribution in [2.24, 2.45) is 0 Å². The molecule has 12 heteroatoms. The van der Waals surface area contributed by atoms with E-state index in [0.717, 1.165) is 51.0 Å². The lowest BCUT2D eigenvalue weighted by Gasteiger charge is -2.26. The molecule has 1 unspecified atom stereocenters. The van der Waals surface area contributed by atoms with E-state index in [-0.39, 0.29) is 23.1 Å². The SMILES string of the molecule is COc1cc(OC)c(F)c(-c2cc3cnc(-c4cnn(CCN5CCOCC5)c4)cc3n(C3CCOC3)c2=O)c1F. The number of ether oxygens (including phenoxy) is 4. The van der Waals surface area contributed by atoms with E-state index in [0.29, 0.717) is 36.2 Å². The molecule has 0 amide bonds. The van der Waals surface area contributed by atoms with Crippen molar-refractivity contribution in [3.8, 4) is 33.9 Å². The van der Waals surface area contributed by atoms with Gasteiger partial charge in [0.25, 0.3) is 5.56 Å². The monoisotopic (exact) mass is 567 g/mol. The van der Waals surface area contributed by atoms with Gasteiger partial charge in [0.2, 0.25) is 0 Å². The standard InChI is InChI=1S/C29H31F2N5O5/c1-38-24-13-25(39-2)28(31)26(27(24)30)21-11-18-14-32-22(12-23(18)36(29(21)37)20-3-8-41-17-20)19-15-33-35(16-19)5-4-34-6-9-40-10-7-34/h11-16,20H,3-10,17H2,1-2H3. The van der Waals surface area contributed by atoms with Crippen LogP contribution in [0.25, 0.3) is 33.3 Å². The lowest BCUT2D eigenvalue weighted by atomic mass is 10.0. The average molecular weight is 568 g/mol. The lowest BCUT2D eigenvalue weighted by Crippen LogP contribution is -2.38. The minimum Gasteiger partial charge on any atom is -0.494 e. The molecule has 3 aromatic heterocycles. The number of hydrogen-bond donors (Lipinski definition) is 0. The summed E-state index contributed by atoms with van der Waals surface area (Å²) in [7, 11) is 2.54. The van der Waals surface area contributed by atoms with Gasteiger partial charge in [-0.25, -0.2) is 8.78 Å². The Bertz CT molecular complexity index is 1600. The number of halogens is 2. The molecule has 2 aliphatic rings. The first-order valence-corrected chi connectivity index (χ1v) is 13.5. The molecule has 0 radical (unpaired) electrons. The summed E-state index contributed by atoms with van der Waals surface area (Å²) in [6.45, 7) is 5.66. The van der Waals surface area contributed by atoms with Crippen LogP contribution in [-0.4, -0.2) is 84.5 Å². The Morgan fingerprint density at radius 3 is 2.41 bits per heavy atom. The molecule has 2 saturated heterocycles. The second-order valence-electron chi connectivity index (χ2n) is 10.1. The van der Waals surface area contributed by atoms with Crippen LogP contribution in [0.15, 0.2) is 41.6 Å². The van der Waals surface area contributed by atoms with Gasteiger partial charge in [0.05, 0.1) is 75.2 Å². The van der Waals surface area contributed by atoms with Crippen molar-refractivity contribution in [2.45, 2.75) is 19.0 Å². The highest BCUT2D eigenvalue weighted by Gasteiger charge is 2.28. The molecule has 0 N–H and O–H groups in total. The molecule has 4 aromatic rings. The predicted molar refractivity (Wildman–Crippen MR) is 147 cm³/mol. The summed E-state index contributed by atoms with van der Waals surface area (Å²) >= 11 is 0. The van der Waals surface area contributed by atoms with Crippen molar-refractivity contribution in [2.75, 3.05) is 60.3 Å². The summed E-state index contributed by atoms with van der Waals surface area (Å²) < 4.78 is 55.6. The Morgan fingerprint density at radius 1 is 0.976 bits per heavy atom. The van der Waals surface area contributed by atoms with Crippen molar-refractivity contribution in [1.82, 2.24) is 24.2 Å². The van der Waals surface area contributed by atoms with Crippen molar-refractivity contribution < 1.29 is 27.7 Å². The van der Waals surface area contributed by atoms with Gasteiger partial charge in [0.15, 0.2) is 23.1 Å². The highest BCUT2D eigenvalue weighted by atomic mass is 19.1. The van der Waals surface area contributed by atoms with Gasteiger partial charge in [-0.1, -0.05) is 0 Å². The molecule has 1 aromatic carbocycles. The van der Waals surface area contributed by atoms with E-state index in [4.69, 9.17) is 18.9 Å². The molecule has 0 saturated carbocycles. The summed E-state index contributed by atoms with van der Waals surface area (Å²) in [5.74, 6) is -2.42. The molecule has 2 fully saturated rings.